The molecule has 24 heavy (non-hydrogen) atoms. The summed E-state index contributed by atoms with van der Waals surface area (Å²) in [7, 11) is 0. The summed E-state index contributed by atoms with van der Waals surface area (Å²) in [6.45, 7) is 0.936. The van der Waals surface area contributed by atoms with Gasteiger partial charge in [0, 0.05) is 6.61 Å². The molecule has 0 aliphatic carbocycles. The van der Waals surface area contributed by atoms with E-state index in [0.717, 1.165) is 23.9 Å². The molecule has 0 radical (unpaired) electrons. The molecule has 0 saturated carbocycles. The van der Waals surface area contributed by atoms with Crippen LogP contribution in [0.3, 0.4) is 0 Å². The van der Waals surface area contributed by atoms with Gasteiger partial charge in [0.15, 0.2) is 5.82 Å². The van der Waals surface area contributed by atoms with Crippen LogP contribution in [0.25, 0.3) is 11.0 Å². The van der Waals surface area contributed by atoms with Crippen molar-refractivity contribution in [3.63, 3.8) is 0 Å². The number of amides is 1. The van der Waals surface area contributed by atoms with E-state index in [-0.39, 0.29) is 25.1 Å². The second-order valence-corrected chi connectivity index (χ2v) is 5.55. The van der Waals surface area contributed by atoms with E-state index in [9.17, 15) is 4.79 Å². The summed E-state index contributed by atoms with van der Waals surface area (Å²) >= 11 is 0. The molecule has 1 aliphatic rings. The molecular formula is C15H16N6O3. The smallest absolute Gasteiger partial charge is 0.255 e. The molecule has 4 rings (SSSR count). The maximum atomic E-state index is 12.0. The van der Waals surface area contributed by atoms with E-state index in [0.29, 0.717) is 18.3 Å². The monoisotopic (exact) mass is 328 g/mol. The molecule has 2 aromatic heterocycles. The Morgan fingerprint density at radius 2 is 2.08 bits per heavy atom. The van der Waals surface area contributed by atoms with E-state index in [1.807, 2.05) is 24.3 Å². The lowest BCUT2D eigenvalue weighted by Crippen LogP contribution is -2.28. The van der Waals surface area contributed by atoms with Gasteiger partial charge >= 0.3 is 0 Å². The van der Waals surface area contributed by atoms with Crippen molar-refractivity contribution >= 4 is 16.9 Å². The third-order valence-electron chi connectivity index (χ3n) is 3.75. The fourth-order valence-electron chi connectivity index (χ4n) is 2.58. The standard InChI is InChI=1S/C15H16N6O3/c22-14(9-21-18-10-4-1-2-5-11(10)19-21)16-8-13-17-15(24-20-13)12-6-3-7-23-12/h1-2,4-5,12H,3,6-9H2,(H,16,22)/t12-/m1/s1. The van der Waals surface area contributed by atoms with Crippen molar-refractivity contribution in [2.45, 2.75) is 32.0 Å². The van der Waals surface area contributed by atoms with E-state index in [4.69, 9.17) is 9.26 Å². The van der Waals surface area contributed by atoms with Crippen molar-refractivity contribution in [2.75, 3.05) is 6.61 Å². The Morgan fingerprint density at radius 3 is 2.79 bits per heavy atom. The molecule has 1 fully saturated rings. The van der Waals surface area contributed by atoms with Gasteiger partial charge in [0.25, 0.3) is 5.89 Å². The summed E-state index contributed by atoms with van der Waals surface area (Å²) in [6, 6.07) is 7.46. The summed E-state index contributed by atoms with van der Waals surface area (Å²) in [5, 5.41) is 15.1. The predicted molar refractivity (Wildman–Crippen MR) is 81.6 cm³/mol. The molecule has 3 aromatic rings. The molecule has 1 saturated heterocycles. The van der Waals surface area contributed by atoms with Crippen LogP contribution in [0.2, 0.25) is 0 Å². The Morgan fingerprint density at radius 1 is 1.29 bits per heavy atom. The molecule has 9 heteroatoms. The molecule has 9 nitrogen and oxygen atoms in total. The molecule has 1 atom stereocenters. The minimum atomic E-state index is -0.223. The third-order valence-corrected chi connectivity index (χ3v) is 3.75. The van der Waals surface area contributed by atoms with E-state index in [1.54, 1.807) is 0 Å². The molecule has 1 aromatic carbocycles. The first-order chi connectivity index (χ1) is 11.8. The van der Waals surface area contributed by atoms with Gasteiger partial charge in [0.2, 0.25) is 5.91 Å². The van der Waals surface area contributed by atoms with Gasteiger partial charge in [-0.3, -0.25) is 4.79 Å². The number of fused-ring (bicyclic) bond motifs is 1. The van der Waals surface area contributed by atoms with Crippen LogP contribution in [0, 0.1) is 0 Å². The first kappa shape index (κ1) is 14.8. The summed E-state index contributed by atoms with van der Waals surface area (Å²) in [4.78, 5) is 17.6. The molecule has 1 N–H and O–H groups in total. The van der Waals surface area contributed by atoms with Crippen LogP contribution in [-0.4, -0.2) is 37.6 Å². The number of hydrogen-bond donors (Lipinski definition) is 1. The SMILES string of the molecule is O=C(Cn1nc2ccccc2n1)NCc1noc([C@H]2CCCO2)n1. The van der Waals surface area contributed by atoms with E-state index >= 15 is 0 Å². The van der Waals surface area contributed by atoms with Gasteiger partial charge in [0.05, 0.1) is 6.54 Å². The van der Waals surface area contributed by atoms with Crippen LogP contribution < -0.4 is 5.32 Å². The largest absolute Gasteiger partial charge is 0.368 e. The van der Waals surface area contributed by atoms with Gasteiger partial charge in [0.1, 0.15) is 23.7 Å². The Hall–Kier alpha value is -2.81. The average molecular weight is 328 g/mol. The second-order valence-electron chi connectivity index (χ2n) is 5.55. The topological polar surface area (TPSA) is 108 Å². The number of hydrogen-bond acceptors (Lipinski definition) is 7. The summed E-state index contributed by atoms with van der Waals surface area (Å²) in [6.07, 6.45) is 1.75. The normalized spacial score (nSPS) is 17.4. The Labute approximate surface area is 137 Å². The predicted octanol–water partition coefficient (Wildman–Crippen LogP) is 0.982. The molecule has 0 spiro atoms. The van der Waals surface area contributed by atoms with Crippen LogP contribution in [0.1, 0.15) is 30.7 Å². The molecular weight excluding hydrogens is 312 g/mol. The zero-order valence-electron chi connectivity index (χ0n) is 12.9. The van der Waals surface area contributed by atoms with Gasteiger partial charge in [-0.1, -0.05) is 17.3 Å². The Kier molecular flexibility index (Phi) is 3.91. The molecule has 3 heterocycles. The first-order valence-corrected chi connectivity index (χ1v) is 7.78. The van der Waals surface area contributed by atoms with Gasteiger partial charge < -0.3 is 14.6 Å². The van der Waals surface area contributed by atoms with Gasteiger partial charge in [-0.05, 0) is 25.0 Å². The van der Waals surface area contributed by atoms with Crippen LogP contribution in [-0.2, 0) is 22.6 Å². The van der Waals surface area contributed by atoms with Gasteiger partial charge in [-0.2, -0.15) is 20.0 Å². The van der Waals surface area contributed by atoms with Crippen LogP contribution in [0.5, 0.6) is 0 Å². The zero-order valence-corrected chi connectivity index (χ0v) is 12.9. The van der Waals surface area contributed by atoms with Crippen molar-refractivity contribution in [1.29, 1.82) is 0 Å². The van der Waals surface area contributed by atoms with Gasteiger partial charge in [-0.15, -0.1) is 0 Å². The number of nitrogens with zero attached hydrogens (tertiary/aromatic N) is 5. The number of carbonyl (C=O) groups is 1. The first-order valence-electron chi connectivity index (χ1n) is 7.78. The highest BCUT2D eigenvalue weighted by Gasteiger charge is 2.23. The Balaban J connectivity index is 1.33. The summed E-state index contributed by atoms with van der Waals surface area (Å²) < 4.78 is 10.7. The highest BCUT2D eigenvalue weighted by molar-refractivity contribution is 5.76. The fourth-order valence-corrected chi connectivity index (χ4v) is 2.58. The lowest BCUT2D eigenvalue weighted by atomic mass is 10.2. The summed E-state index contributed by atoms with van der Waals surface area (Å²) in [5.74, 6) is 0.669. The average Bonchev–Trinajstić information content (AvgIpc) is 3.31. The highest BCUT2D eigenvalue weighted by atomic mass is 16.5. The van der Waals surface area contributed by atoms with Crippen molar-refractivity contribution in [3.05, 3.63) is 36.0 Å². The van der Waals surface area contributed by atoms with Gasteiger partial charge in [-0.25, -0.2) is 0 Å². The Bertz CT molecular complexity index is 819. The van der Waals surface area contributed by atoms with Crippen LogP contribution in [0.4, 0.5) is 0 Å². The zero-order chi connectivity index (χ0) is 16.4. The van der Waals surface area contributed by atoms with E-state index in [1.165, 1.54) is 4.80 Å². The fraction of sp³-hybridized carbons (Fsp3) is 0.400. The molecule has 0 bridgehead atoms. The third kappa shape index (κ3) is 3.11. The van der Waals surface area contributed by atoms with Crippen molar-refractivity contribution in [1.82, 2.24) is 30.5 Å². The summed E-state index contributed by atoms with van der Waals surface area (Å²) in [5.41, 5.74) is 1.51. The minimum Gasteiger partial charge on any atom is -0.368 e. The lowest BCUT2D eigenvalue weighted by Gasteiger charge is -2.02. The highest BCUT2D eigenvalue weighted by Crippen LogP contribution is 2.26. The van der Waals surface area contributed by atoms with Crippen molar-refractivity contribution in [2.24, 2.45) is 0 Å². The second kappa shape index (κ2) is 6.36. The maximum Gasteiger partial charge on any atom is 0.255 e. The number of benzene rings is 1. The van der Waals surface area contributed by atoms with Crippen LogP contribution >= 0.6 is 0 Å². The molecule has 1 aliphatic heterocycles. The number of carbonyl (C=O) groups excluding carboxylic acids is 1. The lowest BCUT2D eigenvalue weighted by molar-refractivity contribution is -0.122. The van der Waals surface area contributed by atoms with E-state index < -0.39 is 0 Å². The van der Waals surface area contributed by atoms with Crippen molar-refractivity contribution < 1.29 is 14.1 Å². The number of ether oxygens (including phenoxy) is 1. The van der Waals surface area contributed by atoms with Crippen molar-refractivity contribution in [3.8, 4) is 0 Å². The number of nitrogens with one attached hydrogen (secondary N) is 1. The molecule has 0 unspecified atom stereocenters. The maximum absolute atomic E-state index is 12.0. The molecule has 1 amide bonds. The minimum absolute atomic E-state index is 0.0329. The van der Waals surface area contributed by atoms with Crippen LogP contribution in [0.15, 0.2) is 28.8 Å². The number of aromatic nitrogens is 5. The van der Waals surface area contributed by atoms with E-state index in [2.05, 4.69) is 25.7 Å². The molecule has 124 valence electrons. The number of rotatable bonds is 5. The quantitative estimate of drug-likeness (QED) is 0.743.